The third-order valence-electron chi connectivity index (χ3n) is 2.95. The van der Waals surface area contributed by atoms with Gasteiger partial charge < -0.3 is 5.32 Å². The lowest BCUT2D eigenvalue weighted by Crippen LogP contribution is -2.13. The van der Waals surface area contributed by atoms with Gasteiger partial charge in [0.15, 0.2) is 5.82 Å². The summed E-state index contributed by atoms with van der Waals surface area (Å²) in [7, 11) is 0. The number of carbonyl (C=O) groups is 1. The summed E-state index contributed by atoms with van der Waals surface area (Å²) in [5.41, 5.74) is 1.13. The summed E-state index contributed by atoms with van der Waals surface area (Å²) in [4.78, 5) is 12.1. The molecule has 6 heteroatoms. The Morgan fingerprint density at radius 1 is 1.43 bits per heavy atom. The molecular formula is C15H15FN4O. The fraction of sp³-hybridized carbons (Fsp3) is 0.267. The largest absolute Gasteiger partial charge is 0.305 e. The second kappa shape index (κ2) is 6.18. The van der Waals surface area contributed by atoms with Gasteiger partial charge in [0, 0.05) is 23.9 Å². The number of halogens is 1. The molecule has 0 saturated carbocycles. The average molecular weight is 286 g/mol. The van der Waals surface area contributed by atoms with Gasteiger partial charge in [-0.2, -0.15) is 10.4 Å². The number of aromatic nitrogens is 2. The summed E-state index contributed by atoms with van der Waals surface area (Å²) >= 11 is 0. The highest BCUT2D eigenvalue weighted by atomic mass is 19.1. The van der Waals surface area contributed by atoms with Crippen LogP contribution in [0.3, 0.4) is 0 Å². The Hall–Kier alpha value is -2.68. The van der Waals surface area contributed by atoms with Crippen molar-refractivity contribution >= 4 is 11.7 Å². The van der Waals surface area contributed by atoms with E-state index in [1.54, 1.807) is 10.7 Å². The monoisotopic (exact) mass is 286 g/mol. The molecule has 1 heterocycles. The molecule has 5 nitrogen and oxygen atoms in total. The van der Waals surface area contributed by atoms with Gasteiger partial charge in [-0.25, -0.2) is 4.39 Å². The maximum Gasteiger partial charge on any atom is 0.257 e. The minimum absolute atomic E-state index is 0.0919. The molecule has 0 aliphatic heterocycles. The Morgan fingerprint density at radius 3 is 2.86 bits per heavy atom. The van der Waals surface area contributed by atoms with E-state index in [1.807, 2.05) is 19.9 Å². The summed E-state index contributed by atoms with van der Waals surface area (Å²) < 4.78 is 15.1. The lowest BCUT2D eigenvalue weighted by atomic mass is 10.1. The van der Waals surface area contributed by atoms with Crippen molar-refractivity contribution in [3.05, 3.63) is 46.9 Å². The van der Waals surface area contributed by atoms with Gasteiger partial charge >= 0.3 is 0 Å². The van der Waals surface area contributed by atoms with Crippen LogP contribution in [-0.4, -0.2) is 15.7 Å². The number of hydrogen-bond donors (Lipinski definition) is 1. The van der Waals surface area contributed by atoms with Crippen LogP contribution in [0.15, 0.2) is 24.3 Å². The van der Waals surface area contributed by atoms with Gasteiger partial charge in [0.1, 0.15) is 5.82 Å². The van der Waals surface area contributed by atoms with Gasteiger partial charge in [0.2, 0.25) is 0 Å². The number of amides is 1. The van der Waals surface area contributed by atoms with E-state index >= 15 is 0 Å². The fourth-order valence-electron chi connectivity index (χ4n) is 1.98. The molecule has 0 aliphatic rings. The van der Waals surface area contributed by atoms with Gasteiger partial charge in [0.05, 0.1) is 11.6 Å². The average Bonchev–Trinajstić information content (AvgIpc) is 2.78. The van der Waals surface area contributed by atoms with E-state index in [1.165, 1.54) is 6.07 Å². The number of benzene rings is 1. The molecular weight excluding hydrogens is 271 g/mol. The Morgan fingerprint density at radius 2 is 2.19 bits per heavy atom. The summed E-state index contributed by atoms with van der Waals surface area (Å²) in [6.45, 7) is 4.70. The standard InChI is InChI=1S/C15H15FN4O/c1-3-4-20-10(2)5-14(19-20)18-15(21)12-6-11(9-17)7-13(16)8-12/h5-8H,3-4H2,1-2H3,(H,18,19,21). The van der Waals surface area contributed by atoms with E-state index < -0.39 is 11.7 Å². The van der Waals surface area contributed by atoms with Crippen LogP contribution in [0.5, 0.6) is 0 Å². The number of aryl methyl sites for hydroxylation is 2. The second-order valence-electron chi connectivity index (χ2n) is 4.69. The highest BCUT2D eigenvalue weighted by molar-refractivity contribution is 6.04. The second-order valence-corrected chi connectivity index (χ2v) is 4.69. The minimum Gasteiger partial charge on any atom is -0.305 e. The molecule has 0 bridgehead atoms. The van der Waals surface area contributed by atoms with Crippen LogP contribution in [0.2, 0.25) is 0 Å². The molecule has 0 fully saturated rings. The van der Waals surface area contributed by atoms with Crippen molar-refractivity contribution in [3.63, 3.8) is 0 Å². The van der Waals surface area contributed by atoms with Crippen LogP contribution >= 0.6 is 0 Å². The zero-order valence-electron chi connectivity index (χ0n) is 11.9. The van der Waals surface area contributed by atoms with Crippen LogP contribution in [0.4, 0.5) is 10.2 Å². The van der Waals surface area contributed by atoms with Crippen molar-refractivity contribution in [3.8, 4) is 6.07 Å². The molecule has 21 heavy (non-hydrogen) atoms. The summed E-state index contributed by atoms with van der Waals surface area (Å²) in [6, 6.07) is 7.08. The number of nitriles is 1. The maximum atomic E-state index is 13.3. The van der Waals surface area contributed by atoms with E-state index in [4.69, 9.17) is 5.26 Å². The summed E-state index contributed by atoms with van der Waals surface area (Å²) in [5, 5.41) is 15.7. The maximum absolute atomic E-state index is 13.3. The van der Waals surface area contributed by atoms with Crippen LogP contribution in [0, 0.1) is 24.1 Å². The predicted octanol–water partition coefficient (Wildman–Crippen LogP) is 2.86. The molecule has 0 radical (unpaired) electrons. The minimum atomic E-state index is -0.619. The molecule has 1 N–H and O–H groups in total. The fourth-order valence-corrected chi connectivity index (χ4v) is 1.98. The van der Waals surface area contributed by atoms with Crippen molar-refractivity contribution in [2.45, 2.75) is 26.8 Å². The molecule has 2 aromatic rings. The molecule has 0 atom stereocenters. The Balaban J connectivity index is 2.20. The molecule has 1 amide bonds. The Bertz CT molecular complexity index is 715. The number of rotatable bonds is 4. The van der Waals surface area contributed by atoms with Gasteiger partial charge in [0.25, 0.3) is 5.91 Å². The first-order valence-corrected chi connectivity index (χ1v) is 6.60. The van der Waals surface area contributed by atoms with Crippen LogP contribution in [0.1, 0.15) is 35.0 Å². The van der Waals surface area contributed by atoms with Crippen LogP contribution < -0.4 is 5.32 Å². The lowest BCUT2D eigenvalue weighted by molar-refractivity contribution is 0.102. The topological polar surface area (TPSA) is 70.7 Å². The normalized spacial score (nSPS) is 10.2. The first-order valence-electron chi connectivity index (χ1n) is 6.60. The molecule has 1 aromatic carbocycles. The molecule has 0 spiro atoms. The van der Waals surface area contributed by atoms with Crippen molar-refractivity contribution < 1.29 is 9.18 Å². The van der Waals surface area contributed by atoms with Crippen molar-refractivity contribution in [2.24, 2.45) is 0 Å². The lowest BCUT2D eigenvalue weighted by Gasteiger charge is -2.03. The number of anilines is 1. The highest BCUT2D eigenvalue weighted by Crippen LogP contribution is 2.13. The number of hydrogen-bond acceptors (Lipinski definition) is 3. The molecule has 108 valence electrons. The molecule has 0 saturated heterocycles. The Kier molecular flexibility index (Phi) is 4.33. The van der Waals surface area contributed by atoms with Gasteiger partial charge in [-0.05, 0) is 31.5 Å². The molecule has 1 aromatic heterocycles. The third-order valence-corrected chi connectivity index (χ3v) is 2.95. The van der Waals surface area contributed by atoms with E-state index in [2.05, 4.69) is 10.4 Å². The smallest absolute Gasteiger partial charge is 0.257 e. The summed E-state index contributed by atoms with van der Waals surface area (Å²) in [5.74, 6) is -0.701. The third kappa shape index (κ3) is 3.45. The zero-order valence-corrected chi connectivity index (χ0v) is 11.9. The Labute approximate surface area is 122 Å². The summed E-state index contributed by atoms with van der Waals surface area (Å²) in [6.07, 6.45) is 0.936. The van der Waals surface area contributed by atoms with Crippen LogP contribution in [0.25, 0.3) is 0 Å². The molecule has 2 rings (SSSR count). The SMILES string of the molecule is CCCn1nc(NC(=O)c2cc(F)cc(C#N)c2)cc1C. The predicted molar refractivity (Wildman–Crippen MR) is 76.3 cm³/mol. The number of carbonyl (C=O) groups excluding carboxylic acids is 1. The van der Waals surface area contributed by atoms with Gasteiger partial charge in [-0.15, -0.1) is 0 Å². The number of nitrogens with zero attached hydrogens (tertiary/aromatic N) is 3. The van der Waals surface area contributed by atoms with E-state index in [-0.39, 0.29) is 11.1 Å². The first kappa shape index (κ1) is 14.7. The van der Waals surface area contributed by atoms with Gasteiger partial charge in [-0.3, -0.25) is 9.48 Å². The van der Waals surface area contributed by atoms with E-state index in [9.17, 15) is 9.18 Å². The first-order chi connectivity index (χ1) is 10.0. The van der Waals surface area contributed by atoms with Crippen molar-refractivity contribution in [1.82, 2.24) is 9.78 Å². The number of nitrogens with one attached hydrogen (secondary N) is 1. The van der Waals surface area contributed by atoms with E-state index in [0.29, 0.717) is 5.82 Å². The molecule has 0 aliphatic carbocycles. The quantitative estimate of drug-likeness (QED) is 0.939. The highest BCUT2D eigenvalue weighted by Gasteiger charge is 2.12. The van der Waals surface area contributed by atoms with E-state index in [0.717, 1.165) is 30.8 Å². The van der Waals surface area contributed by atoms with Crippen molar-refractivity contribution in [1.29, 1.82) is 5.26 Å². The van der Waals surface area contributed by atoms with Gasteiger partial charge in [-0.1, -0.05) is 6.92 Å². The van der Waals surface area contributed by atoms with Crippen LogP contribution in [-0.2, 0) is 6.54 Å². The van der Waals surface area contributed by atoms with Crippen molar-refractivity contribution in [2.75, 3.05) is 5.32 Å². The molecule has 0 unspecified atom stereocenters. The zero-order chi connectivity index (χ0) is 15.4.